The van der Waals surface area contributed by atoms with Gasteiger partial charge >= 0.3 is 6.03 Å². The number of amides is 2. The van der Waals surface area contributed by atoms with Gasteiger partial charge in [-0.15, -0.1) is 10.2 Å². The Bertz CT molecular complexity index is 770. The van der Waals surface area contributed by atoms with Crippen LogP contribution in [0.4, 0.5) is 10.5 Å². The van der Waals surface area contributed by atoms with Crippen molar-refractivity contribution in [2.45, 2.75) is 44.9 Å². The van der Waals surface area contributed by atoms with Crippen molar-refractivity contribution in [3.8, 4) is 5.75 Å². The molecule has 26 heavy (non-hydrogen) atoms. The number of anilines is 1. The van der Waals surface area contributed by atoms with Crippen LogP contribution in [0.3, 0.4) is 0 Å². The van der Waals surface area contributed by atoms with Crippen LogP contribution in [-0.2, 0) is 24.2 Å². The summed E-state index contributed by atoms with van der Waals surface area (Å²) in [7, 11) is 0. The van der Waals surface area contributed by atoms with Crippen LogP contribution in [0.2, 0.25) is 0 Å². The maximum absolute atomic E-state index is 12.3. The van der Waals surface area contributed by atoms with Crippen LogP contribution in [0.15, 0.2) is 24.3 Å². The number of carbonyl (C=O) groups excluding carboxylic acids is 1. The first-order valence-electron chi connectivity index (χ1n) is 9.09. The Labute approximate surface area is 151 Å². The van der Waals surface area contributed by atoms with Gasteiger partial charge in [-0.3, -0.25) is 0 Å². The van der Waals surface area contributed by atoms with E-state index in [2.05, 4.69) is 25.4 Å². The molecule has 2 aliphatic heterocycles. The van der Waals surface area contributed by atoms with Gasteiger partial charge in [0.1, 0.15) is 18.2 Å². The van der Waals surface area contributed by atoms with Crippen molar-refractivity contribution < 1.29 is 14.3 Å². The number of nitrogens with one attached hydrogen (secondary N) is 2. The average Bonchev–Trinajstić information content (AvgIpc) is 3.38. The van der Waals surface area contributed by atoms with Gasteiger partial charge in [-0.05, 0) is 31.4 Å². The van der Waals surface area contributed by atoms with E-state index in [1.165, 1.54) is 0 Å². The van der Waals surface area contributed by atoms with Crippen molar-refractivity contribution >= 4 is 11.7 Å². The number of benzene rings is 1. The van der Waals surface area contributed by atoms with Gasteiger partial charge in [-0.25, -0.2) is 4.79 Å². The second kappa shape index (κ2) is 7.74. The molecule has 8 nitrogen and oxygen atoms in total. The van der Waals surface area contributed by atoms with Crippen LogP contribution in [0.1, 0.15) is 30.9 Å². The summed E-state index contributed by atoms with van der Waals surface area (Å²) in [6.07, 6.45) is 4.25. The molecule has 0 bridgehead atoms. The number of rotatable bonds is 6. The largest absolute Gasteiger partial charge is 0.489 e. The van der Waals surface area contributed by atoms with E-state index in [1.54, 1.807) is 0 Å². The molecule has 1 saturated heterocycles. The maximum Gasteiger partial charge on any atom is 0.319 e. The first kappa shape index (κ1) is 16.8. The third kappa shape index (κ3) is 3.80. The standard InChI is InChI=1S/C18H23N5O3/c24-18(19-11-17-22-21-16-8-3-9-23(16)17)20-14-6-1-2-7-15(14)26-12-13-5-4-10-25-13/h1-2,6-7,13H,3-5,8-12H2,(H2,19,20,24). The predicted molar refractivity (Wildman–Crippen MR) is 95.1 cm³/mol. The van der Waals surface area contributed by atoms with Gasteiger partial charge in [0.25, 0.3) is 0 Å². The molecule has 0 aliphatic carbocycles. The number of para-hydroxylation sites is 2. The second-order valence-corrected chi connectivity index (χ2v) is 6.54. The molecular weight excluding hydrogens is 334 g/mol. The highest BCUT2D eigenvalue weighted by atomic mass is 16.5. The molecule has 2 aromatic rings. The molecule has 2 N–H and O–H groups in total. The number of ether oxygens (including phenoxy) is 2. The first-order chi connectivity index (χ1) is 12.8. The number of urea groups is 1. The van der Waals surface area contributed by atoms with Gasteiger partial charge in [0.15, 0.2) is 5.82 Å². The smallest absolute Gasteiger partial charge is 0.319 e. The molecule has 0 spiro atoms. The fraction of sp³-hybridized carbons (Fsp3) is 0.500. The van der Waals surface area contributed by atoms with Crippen molar-refractivity contribution in [2.75, 3.05) is 18.5 Å². The van der Waals surface area contributed by atoms with Crippen LogP contribution in [0, 0.1) is 0 Å². The number of nitrogens with zero attached hydrogens (tertiary/aromatic N) is 3. The average molecular weight is 357 g/mol. The van der Waals surface area contributed by atoms with E-state index in [9.17, 15) is 4.79 Å². The zero-order valence-corrected chi connectivity index (χ0v) is 14.6. The van der Waals surface area contributed by atoms with Crippen molar-refractivity contribution in [1.29, 1.82) is 0 Å². The van der Waals surface area contributed by atoms with Gasteiger partial charge < -0.3 is 24.7 Å². The summed E-state index contributed by atoms with van der Waals surface area (Å²) in [5, 5.41) is 14.0. The molecule has 2 amide bonds. The van der Waals surface area contributed by atoms with Crippen LogP contribution in [-0.4, -0.2) is 40.1 Å². The highest BCUT2D eigenvalue weighted by Gasteiger charge is 2.19. The van der Waals surface area contributed by atoms with Gasteiger partial charge in [0.05, 0.1) is 18.3 Å². The molecule has 4 rings (SSSR count). The zero-order valence-electron chi connectivity index (χ0n) is 14.6. The molecule has 1 aromatic carbocycles. The molecule has 1 aromatic heterocycles. The SMILES string of the molecule is O=C(NCc1nnc2n1CCC2)Nc1ccccc1OCC1CCCO1. The minimum Gasteiger partial charge on any atom is -0.489 e. The Morgan fingerprint density at radius 3 is 3.12 bits per heavy atom. The van der Waals surface area contributed by atoms with Crippen LogP contribution >= 0.6 is 0 Å². The Morgan fingerprint density at radius 1 is 1.31 bits per heavy atom. The molecule has 1 unspecified atom stereocenters. The minimum absolute atomic E-state index is 0.131. The molecule has 0 saturated carbocycles. The second-order valence-electron chi connectivity index (χ2n) is 6.54. The normalized spacial score (nSPS) is 18.5. The van der Waals surface area contributed by atoms with E-state index in [-0.39, 0.29) is 12.1 Å². The van der Waals surface area contributed by atoms with Gasteiger partial charge in [-0.1, -0.05) is 12.1 Å². The lowest BCUT2D eigenvalue weighted by atomic mass is 10.2. The molecule has 138 valence electrons. The lowest BCUT2D eigenvalue weighted by molar-refractivity contribution is 0.0682. The van der Waals surface area contributed by atoms with E-state index in [4.69, 9.17) is 9.47 Å². The third-order valence-electron chi connectivity index (χ3n) is 4.68. The van der Waals surface area contributed by atoms with E-state index in [1.807, 2.05) is 24.3 Å². The summed E-state index contributed by atoms with van der Waals surface area (Å²) >= 11 is 0. The van der Waals surface area contributed by atoms with Crippen molar-refractivity contribution in [1.82, 2.24) is 20.1 Å². The lowest BCUT2D eigenvalue weighted by Crippen LogP contribution is -2.29. The number of fused-ring (bicyclic) bond motifs is 1. The summed E-state index contributed by atoms with van der Waals surface area (Å²) in [5.74, 6) is 2.42. The van der Waals surface area contributed by atoms with Crippen LogP contribution in [0.5, 0.6) is 5.75 Å². The van der Waals surface area contributed by atoms with Crippen LogP contribution in [0.25, 0.3) is 0 Å². The third-order valence-corrected chi connectivity index (χ3v) is 4.68. The lowest BCUT2D eigenvalue weighted by Gasteiger charge is -2.15. The monoisotopic (exact) mass is 357 g/mol. The number of carbonyl (C=O) groups is 1. The van der Waals surface area contributed by atoms with Gasteiger partial charge in [-0.2, -0.15) is 0 Å². The summed E-state index contributed by atoms with van der Waals surface area (Å²) in [6.45, 7) is 2.55. The topological polar surface area (TPSA) is 90.3 Å². The highest BCUT2D eigenvalue weighted by Crippen LogP contribution is 2.25. The van der Waals surface area contributed by atoms with Crippen molar-refractivity contribution in [3.63, 3.8) is 0 Å². The molecule has 3 heterocycles. The summed E-state index contributed by atoms with van der Waals surface area (Å²) in [5.41, 5.74) is 0.634. The fourth-order valence-corrected chi connectivity index (χ4v) is 3.32. The number of aromatic nitrogens is 3. The van der Waals surface area contributed by atoms with E-state index < -0.39 is 0 Å². The zero-order chi connectivity index (χ0) is 17.8. The molecule has 2 aliphatic rings. The Hall–Kier alpha value is -2.61. The maximum atomic E-state index is 12.3. The Morgan fingerprint density at radius 2 is 2.23 bits per heavy atom. The number of aryl methyl sites for hydroxylation is 1. The number of hydrogen-bond acceptors (Lipinski definition) is 5. The summed E-state index contributed by atoms with van der Waals surface area (Å²) in [4.78, 5) is 12.3. The van der Waals surface area contributed by atoms with E-state index >= 15 is 0 Å². The summed E-state index contributed by atoms with van der Waals surface area (Å²) in [6, 6.07) is 7.11. The first-order valence-corrected chi connectivity index (χ1v) is 9.09. The molecule has 1 fully saturated rings. The Balaban J connectivity index is 1.32. The Kier molecular flexibility index (Phi) is 5.01. The molecule has 1 atom stereocenters. The van der Waals surface area contributed by atoms with E-state index in [0.717, 1.165) is 50.5 Å². The fourth-order valence-electron chi connectivity index (χ4n) is 3.32. The quantitative estimate of drug-likeness (QED) is 0.826. The summed E-state index contributed by atoms with van der Waals surface area (Å²) < 4.78 is 13.5. The van der Waals surface area contributed by atoms with Crippen molar-refractivity contribution in [2.24, 2.45) is 0 Å². The van der Waals surface area contributed by atoms with Crippen molar-refractivity contribution in [3.05, 3.63) is 35.9 Å². The minimum atomic E-state index is -0.298. The van der Waals surface area contributed by atoms with Gasteiger partial charge in [0, 0.05) is 19.6 Å². The highest BCUT2D eigenvalue weighted by molar-refractivity contribution is 5.90. The molecular formula is C18H23N5O3. The predicted octanol–water partition coefficient (Wildman–Crippen LogP) is 2.10. The number of hydrogen-bond donors (Lipinski definition) is 2. The molecule has 0 radical (unpaired) electrons. The van der Waals surface area contributed by atoms with E-state index in [0.29, 0.717) is 24.6 Å². The molecule has 8 heteroatoms. The van der Waals surface area contributed by atoms with Crippen LogP contribution < -0.4 is 15.4 Å². The van der Waals surface area contributed by atoms with Gasteiger partial charge in [0.2, 0.25) is 0 Å².